The standard InChI is InChI=1S/C11H11F2NO/c12-9-2-1-7(5-10(9)13)11-6-8(15)3-4-14-11/h1-2,5,11,14H,3-4,6H2. The largest absolute Gasteiger partial charge is 0.309 e. The van der Waals surface area contributed by atoms with Gasteiger partial charge in [0, 0.05) is 25.4 Å². The highest BCUT2D eigenvalue weighted by atomic mass is 19.2. The van der Waals surface area contributed by atoms with Crippen molar-refractivity contribution < 1.29 is 13.6 Å². The third kappa shape index (κ3) is 2.21. The zero-order valence-electron chi connectivity index (χ0n) is 8.09. The molecule has 4 heteroatoms. The number of carbonyl (C=O) groups excluding carboxylic acids is 1. The quantitative estimate of drug-likeness (QED) is 0.769. The van der Waals surface area contributed by atoms with Gasteiger partial charge in [-0.3, -0.25) is 4.79 Å². The molecule has 0 spiro atoms. The first-order valence-corrected chi connectivity index (χ1v) is 4.87. The molecule has 1 aliphatic rings. The SMILES string of the molecule is O=C1CCNC(c2ccc(F)c(F)c2)C1. The van der Waals surface area contributed by atoms with Crippen molar-refractivity contribution in [2.75, 3.05) is 6.54 Å². The van der Waals surface area contributed by atoms with E-state index >= 15 is 0 Å². The van der Waals surface area contributed by atoms with E-state index in [-0.39, 0.29) is 11.8 Å². The summed E-state index contributed by atoms with van der Waals surface area (Å²) in [6.45, 7) is 0.600. The highest BCUT2D eigenvalue weighted by Gasteiger charge is 2.20. The number of piperidine rings is 1. The summed E-state index contributed by atoms with van der Waals surface area (Å²) < 4.78 is 25.6. The van der Waals surface area contributed by atoms with Gasteiger partial charge in [0.15, 0.2) is 11.6 Å². The summed E-state index contributed by atoms with van der Waals surface area (Å²) in [4.78, 5) is 11.2. The maximum Gasteiger partial charge on any atom is 0.159 e. The lowest BCUT2D eigenvalue weighted by Gasteiger charge is -2.22. The van der Waals surface area contributed by atoms with Crippen LogP contribution >= 0.6 is 0 Å². The molecule has 1 heterocycles. The van der Waals surface area contributed by atoms with E-state index in [0.29, 0.717) is 24.9 Å². The zero-order valence-corrected chi connectivity index (χ0v) is 8.09. The van der Waals surface area contributed by atoms with E-state index in [0.717, 1.165) is 12.1 Å². The van der Waals surface area contributed by atoms with Crippen LogP contribution in [0, 0.1) is 11.6 Å². The molecule has 1 aliphatic heterocycles. The normalized spacial score (nSPS) is 21.7. The first-order valence-electron chi connectivity index (χ1n) is 4.87. The first-order chi connectivity index (χ1) is 7.16. The number of carbonyl (C=O) groups is 1. The van der Waals surface area contributed by atoms with E-state index in [1.54, 1.807) is 0 Å². The number of rotatable bonds is 1. The summed E-state index contributed by atoms with van der Waals surface area (Å²) in [7, 11) is 0. The summed E-state index contributed by atoms with van der Waals surface area (Å²) in [6, 6.07) is 3.56. The second-order valence-corrected chi connectivity index (χ2v) is 3.67. The van der Waals surface area contributed by atoms with Crippen LogP contribution < -0.4 is 5.32 Å². The fourth-order valence-corrected chi connectivity index (χ4v) is 1.75. The molecule has 1 N–H and O–H groups in total. The average molecular weight is 211 g/mol. The number of halogens is 2. The Morgan fingerprint density at radius 1 is 1.27 bits per heavy atom. The summed E-state index contributed by atoms with van der Waals surface area (Å²) >= 11 is 0. The van der Waals surface area contributed by atoms with Crippen LogP contribution in [-0.2, 0) is 4.79 Å². The summed E-state index contributed by atoms with van der Waals surface area (Å²) in [5, 5.41) is 3.10. The Hall–Kier alpha value is -1.29. The third-order valence-corrected chi connectivity index (χ3v) is 2.57. The topological polar surface area (TPSA) is 29.1 Å². The predicted octanol–water partition coefficient (Wildman–Crippen LogP) is 1.96. The Morgan fingerprint density at radius 2 is 2.07 bits per heavy atom. The van der Waals surface area contributed by atoms with Crippen LogP contribution in [-0.4, -0.2) is 12.3 Å². The number of hydrogen-bond acceptors (Lipinski definition) is 2. The molecule has 1 atom stereocenters. The van der Waals surface area contributed by atoms with Crippen LogP contribution in [0.5, 0.6) is 0 Å². The Bertz CT molecular complexity index is 392. The first kappa shape index (κ1) is 10.2. The van der Waals surface area contributed by atoms with Crippen LogP contribution in [0.1, 0.15) is 24.4 Å². The smallest absolute Gasteiger partial charge is 0.159 e. The minimum Gasteiger partial charge on any atom is -0.309 e. The Labute approximate surface area is 86.3 Å². The Balaban J connectivity index is 2.21. The minimum absolute atomic E-state index is 0.156. The van der Waals surface area contributed by atoms with Gasteiger partial charge in [-0.1, -0.05) is 6.07 Å². The number of ketones is 1. The Morgan fingerprint density at radius 3 is 2.73 bits per heavy atom. The van der Waals surface area contributed by atoms with Gasteiger partial charge in [-0.2, -0.15) is 0 Å². The lowest BCUT2D eigenvalue weighted by molar-refractivity contribution is -0.120. The van der Waals surface area contributed by atoms with Crippen molar-refractivity contribution in [3.05, 3.63) is 35.4 Å². The van der Waals surface area contributed by atoms with Gasteiger partial charge in [-0.25, -0.2) is 8.78 Å². The molecule has 15 heavy (non-hydrogen) atoms. The highest BCUT2D eigenvalue weighted by Crippen LogP contribution is 2.22. The van der Waals surface area contributed by atoms with Crippen molar-refractivity contribution >= 4 is 5.78 Å². The third-order valence-electron chi connectivity index (χ3n) is 2.57. The monoisotopic (exact) mass is 211 g/mol. The molecular formula is C11H11F2NO. The minimum atomic E-state index is -0.868. The molecular weight excluding hydrogens is 200 g/mol. The highest BCUT2D eigenvalue weighted by molar-refractivity contribution is 5.80. The van der Waals surface area contributed by atoms with Gasteiger partial charge in [0.25, 0.3) is 0 Å². The van der Waals surface area contributed by atoms with Crippen molar-refractivity contribution in [1.29, 1.82) is 0 Å². The molecule has 0 saturated carbocycles. The number of Topliss-reactive ketones (excluding diaryl/α,β-unsaturated/α-hetero) is 1. The van der Waals surface area contributed by atoms with Gasteiger partial charge in [-0.15, -0.1) is 0 Å². The van der Waals surface area contributed by atoms with Crippen molar-refractivity contribution in [2.24, 2.45) is 0 Å². The average Bonchev–Trinajstić information content (AvgIpc) is 2.22. The molecule has 0 amide bonds. The lowest BCUT2D eigenvalue weighted by Crippen LogP contribution is -2.31. The molecule has 0 radical (unpaired) electrons. The van der Waals surface area contributed by atoms with Crippen LogP contribution in [0.4, 0.5) is 8.78 Å². The maximum atomic E-state index is 12.9. The van der Waals surface area contributed by atoms with Crippen LogP contribution in [0.3, 0.4) is 0 Å². The van der Waals surface area contributed by atoms with E-state index in [2.05, 4.69) is 5.32 Å². The van der Waals surface area contributed by atoms with Gasteiger partial charge in [-0.05, 0) is 17.7 Å². The van der Waals surface area contributed by atoms with Gasteiger partial charge >= 0.3 is 0 Å². The Kier molecular flexibility index (Phi) is 2.77. The van der Waals surface area contributed by atoms with Crippen molar-refractivity contribution in [1.82, 2.24) is 5.32 Å². The van der Waals surface area contributed by atoms with E-state index in [1.807, 2.05) is 0 Å². The van der Waals surface area contributed by atoms with Gasteiger partial charge in [0.1, 0.15) is 5.78 Å². The van der Waals surface area contributed by atoms with Gasteiger partial charge < -0.3 is 5.32 Å². The van der Waals surface area contributed by atoms with Gasteiger partial charge in [0.2, 0.25) is 0 Å². The summed E-state index contributed by atoms with van der Waals surface area (Å²) in [5.41, 5.74) is 0.627. The predicted molar refractivity (Wildman–Crippen MR) is 51.3 cm³/mol. The second kappa shape index (κ2) is 4.06. The molecule has 80 valence electrons. The second-order valence-electron chi connectivity index (χ2n) is 3.67. The summed E-state index contributed by atoms with van der Waals surface area (Å²) in [6.07, 6.45) is 0.866. The van der Waals surface area contributed by atoms with Crippen LogP contribution in [0.15, 0.2) is 18.2 Å². The number of nitrogens with one attached hydrogen (secondary N) is 1. The van der Waals surface area contributed by atoms with Crippen LogP contribution in [0.25, 0.3) is 0 Å². The molecule has 2 nitrogen and oxygen atoms in total. The van der Waals surface area contributed by atoms with Crippen molar-refractivity contribution in [3.63, 3.8) is 0 Å². The fourth-order valence-electron chi connectivity index (χ4n) is 1.75. The van der Waals surface area contributed by atoms with E-state index < -0.39 is 11.6 Å². The van der Waals surface area contributed by atoms with Gasteiger partial charge in [0.05, 0.1) is 0 Å². The van der Waals surface area contributed by atoms with Crippen molar-refractivity contribution in [2.45, 2.75) is 18.9 Å². The van der Waals surface area contributed by atoms with E-state index in [4.69, 9.17) is 0 Å². The molecule has 2 rings (SSSR count). The molecule has 1 saturated heterocycles. The molecule has 1 aromatic carbocycles. The van der Waals surface area contributed by atoms with Crippen LogP contribution in [0.2, 0.25) is 0 Å². The molecule has 1 fully saturated rings. The lowest BCUT2D eigenvalue weighted by atomic mass is 9.96. The summed E-state index contributed by atoms with van der Waals surface area (Å²) in [5.74, 6) is -1.57. The molecule has 0 bridgehead atoms. The number of hydrogen-bond donors (Lipinski definition) is 1. The van der Waals surface area contributed by atoms with E-state index in [9.17, 15) is 13.6 Å². The number of benzene rings is 1. The molecule has 0 aromatic heterocycles. The molecule has 1 unspecified atom stereocenters. The van der Waals surface area contributed by atoms with E-state index in [1.165, 1.54) is 6.07 Å². The fraction of sp³-hybridized carbons (Fsp3) is 0.364. The van der Waals surface area contributed by atoms with Crippen molar-refractivity contribution in [3.8, 4) is 0 Å². The zero-order chi connectivity index (χ0) is 10.8. The molecule has 0 aliphatic carbocycles. The molecule has 1 aromatic rings. The maximum absolute atomic E-state index is 12.9.